The summed E-state index contributed by atoms with van der Waals surface area (Å²) in [4.78, 5) is 0. The van der Waals surface area contributed by atoms with Crippen LogP contribution >= 0.6 is 15.9 Å². The number of rotatable bonds is 3. The van der Waals surface area contributed by atoms with E-state index in [1.165, 1.54) is 0 Å². The second-order valence-electron chi connectivity index (χ2n) is 4.93. The van der Waals surface area contributed by atoms with E-state index in [2.05, 4.69) is 22.0 Å². The molecule has 21 heavy (non-hydrogen) atoms. The van der Waals surface area contributed by atoms with Crippen molar-refractivity contribution in [2.24, 2.45) is 0 Å². The van der Waals surface area contributed by atoms with Crippen LogP contribution in [0.4, 0.5) is 0 Å². The Hall–Kier alpha value is -1.84. The highest BCUT2D eigenvalue weighted by molar-refractivity contribution is 9.10. The molecule has 0 saturated carbocycles. The van der Waals surface area contributed by atoms with Gasteiger partial charge in [-0.05, 0) is 52.2 Å². The molecule has 0 radical (unpaired) electrons. The van der Waals surface area contributed by atoms with E-state index in [1.807, 2.05) is 54.6 Å². The smallest absolute Gasteiger partial charge is 0.119 e. The van der Waals surface area contributed by atoms with Crippen molar-refractivity contribution >= 4 is 26.7 Å². The number of ether oxygens (including phenoxy) is 1. The lowest BCUT2D eigenvalue weighted by Crippen LogP contribution is -2.00. The van der Waals surface area contributed by atoms with Gasteiger partial charge in [-0.25, -0.2) is 0 Å². The van der Waals surface area contributed by atoms with Crippen molar-refractivity contribution in [2.75, 3.05) is 7.11 Å². The van der Waals surface area contributed by atoms with Crippen LogP contribution in [0.1, 0.15) is 17.2 Å². The van der Waals surface area contributed by atoms with Gasteiger partial charge < -0.3 is 9.84 Å². The van der Waals surface area contributed by atoms with Crippen LogP contribution in [0.25, 0.3) is 10.8 Å². The number of hydrogen-bond acceptors (Lipinski definition) is 2. The first-order chi connectivity index (χ1) is 10.2. The van der Waals surface area contributed by atoms with Gasteiger partial charge in [-0.15, -0.1) is 0 Å². The molecule has 0 fully saturated rings. The van der Waals surface area contributed by atoms with E-state index >= 15 is 0 Å². The van der Waals surface area contributed by atoms with Crippen LogP contribution < -0.4 is 4.74 Å². The lowest BCUT2D eigenvalue weighted by Gasteiger charge is -2.13. The van der Waals surface area contributed by atoms with Gasteiger partial charge in [-0.3, -0.25) is 0 Å². The largest absolute Gasteiger partial charge is 0.497 e. The number of methoxy groups -OCH3 is 1. The highest BCUT2D eigenvalue weighted by Gasteiger charge is 2.11. The van der Waals surface area contributed by atoms with Crippen LogP contribution in [0.2, 0.25) is 0 Å². The summed E-state index contributed by atoms with van der Waals surface area (Å²) in [6.07, 6.45) is -0.659. The highest BCUT2D eigenvalue weighted by Crippen LogP contribution is 2.28. The molecule has 3 aromatic rings. The van der Waals surface area contributed by atoms with E-state index in [0.29, 0.717) is 0 Å². The molecule has 106 valence electrons. The summed E-state index contributed by atoms with van der Waals surface area (Å²) in [6, 6.07) is 19.6. The van der Waals surface area contributed by atoms with Crippen LogP contribution in [0.15, 0.2) is 65.1 Å². The first-order valence-electron chi connectivity index (χ1n) is 6.68. The molecule has 0 spiro atoms. The molecule has 1 N–H and O–H groups in total. The summed E-state index contributed by atoms with van der Waals surface area (Å²) in [7, 11) is 1.62. The van der Waals surface area contributed by atoms with Gasteiger partial charge >= 0.3 is 0 Å². The second kappa shape index (κ2) is 5.88. The standard InChI is InChI=1S/C18H15BrO2/c1-21-17-4-2-3-14(11-17)18(20)15-6-5-13-10-16(19)8-7-12(13)9-15/h2-11,18,20H,1H3. The average molecular weight is 343 g/mol. The number of hydrogen-bond donors (Lipinski definition) is 1. The number of halogens is 1. The van der Waals surface area contributed by atoms with E-state index in [4.69, 9.17) is 4.74 Å². The van der Waals surface area contributed by atoms with Gasteiger partial charge in [0.05, 0.1) is 7.11 Å². The maximum absolute atomic E-state index is 10.6. The van der Waals surface area contributed by atoms with Gasteiger partial charge in [-0.1, -0.05) is 46.3 Å². The molecule has 0 aliphatic heterocycles. The summed E-state index contributed by atoms with van der Waals surface area (Å²) in [5.74, 6) is 0.747. The maximum Gasteiger partial charge on any atom is 0.119 e. The Labute approximate surface area is 132 Å². The Kier molecular flexibility index (Phi) is 3.95. The molecular weight excluding hydrogens is 328 g/mol. The third kappa shape index (κ3) is 2.94. The van der Waals surface area contributed by atoms with E-state index in [-0.39, 0.29) is 0 Å². The molecule has 1 unspecified atom stereocenters. The monoisotopic (exact) mass is 342 g/mol. The van der Waals surface area contributed by atoms with Crippen LogP contribution in [-0.2, 0) is 0 Å². The van der Waals surface area contributed by atoms with Crippen LogP contribution in [0.3, 0.4) is 0 Å². The molecular formula is C18H15BrO2. The van der Waals surface area contributed by atoms with Crippen molar-refractivity contribution in [2.45, 2.75) is 6.10 Å². The van der Waals surface area contributed by atoms with Crippen LogP contribution in [0, 0.1) is 0 Å². The molecule has 3 aromatic carbocycles. The highest BCUT2D eigenvalue weighted by atomic mass is 79.9. The lowest BCUT2D eigenvalue weighted by molar-refractivity contribution is 0.220. The number of aliphatic hydroxyl groups is 1. The zero-order valence-corrected chi connectivity index (χ0v) is 13.2. The number of benzene rings is 3. The molecule has 0 aromatic heterocycles. The molecule has 0 bridgehead atoms. The molecule has 0 aliphatic carbocycles. The molecule has 2 nitrogen and oxygen atoms in total. The van der Waals surface area contributed by atoms with Gasteiger partial charge in [0.25, 0.3) is 0 Å². The molecule has 3 heteroatoms. The SMILES string of the molecule is COc1cccc(C(O)c2ccc3cc(Br)ccc3c2)c1. The maximum atomic E-state index is 10.6. The van der Waals surface area contributed by atoms with Crippen molar-refractivity contribution in [3.63, 3.8) is 0 Å². The minimum Gasteiger partial charge on any atom is -0.497 e. The summed E-state index contributed by atoms with van der Waals surface area (Å²) < 4.78 is 6.26. The van der Waals surface area contributed by atoms with Crippen molar-refractivity contribution < 1.29 is 9.84 Å². The fourth-order valence-electron chi connectivity index (χ4n) is 2.41. The van der Waals surface area contributed by atoms with Gasteiger partial charge in [0, 0.05) is 4.47 Å². The fraction of sp³-hybridized carbons (Fsp3) is 0.111. The molecule has 1 atom stereocenters. The first kappa shape index (κ1) is 14.1. The Morgan fingerprint density at radius 2 is 1.62 bits per heavy atom. The Balaban J connectivity index is 2.00. The number of aliphatic hydroxyl groups excluding tert-OH is 1. The summed E-state index contributed by atoms with van der Waals surface area (Å²) in [5.41, 5.74) is 1.70. The van der Waals surface area contributed by atoms with Crippen molar-refractivity contribution in [3.8, 4) is 5.75 Å². The second-order valence-corrected chi connectivity index (χ2v) is 5.85. The minimum absolute atomic E-state index is 0.659. The number of fused-ring (bicyclic) bond motifs is 1. The quantitative estimate of drug-likeness (QED) is 0.747. The minimum atomic E-state index is -0.659. The van der Waals surface area contributed by atoms with Crippen LogP contribution in [0.5, 0.6) is 5.75 Å². The van der Waals surface area contributed by atoms with Gasteiger partial charge in [0.1, 0.15) is 11.9 Å². The predicted molar refractivity (Wildman–Crippen MR) is 88.7 cm³/mol. The summed E-state index contributed by atoms with van der Waals surface area (Å²) >= 11 is 3.47. The van der Waals surface area contributed by atoms with Gasteiger partial charge in [-0.2, -0.15) is 0 Å². The Bertz CT molecular complexity index is 783. The fourth-order valence-corrected chi connectivity index (χ4v) is 2.79. The van der Waals surface area contributed by atoms with Crippen molar-refractivity contribution in [1.82, 2.24) is 0 Å². The van der Waals surface area contributed by atoms with E-state index in [1.54, 1.807) is 7.11 Å². The summed E-state index contributed by atoms with van der Waals surface area (Å²) in [6.45, 7) is 0. The van der Waals surface area contributed by atoms with Gasteiger partial charge in [0.15, 0.2) is 0 Å². The zero-order valence-electron chi connectivity index (χ0n) is 11.6. The molecule has 0 amide bonds. The Morgan fingerprint density at radius 3 is 2.43 bits per heavy atom. The third-order valence-corrected chi connectivity index (χ3v) is 4.04. The predicted octanol–water partition coefficient (Wildman–Crippen LogP) is 4.69. The first-order valence-corrected chi connectivity index (χ1v) is 7.48. The molecule has 0 aliphatic rings. The van der Waals surface area contributed by atoms with Crippen molar-refractivity contribution in [1.29, 1.82) is 0 Å². The third-order valence-electron chi connectivity index (χ3n) is 3.55. The van der Waals surface area contributed by atoms with E-state index in [0.717, 1.165) is 32.1 Å². The zero-order chi connectivity index (χ0) is 14.8. The molecule has 3 rings (SSSR count). The van der Waals surface area contributed by atoms with E-state index < -0.39 is 6.10 Å². The topological polar surface area (TPSA) is 29.5 Å². The summed E-state index contributed by atoms with van der Waals surface area (Å²) in [5, 5.41) is 12.8. The Morgan fingerprint density at radius 1 is 0.905 bits per heavy atom. The van der Waals surface area contributed by atoms with Gasteiger partial charge in [0.2, 0.25) is 0 Å². The lowest BCUT2D eigenvalue weighted by atomic mass is 9.98. The average Bonchev–Trinajstić information content (AvgIpc) is 2.53. The van der Waals surface area contributed by atoms with Crippen molar-refractivity contribution in [3.05, 3.63) is 76.3 Å². The van der Waals surface area contributed by atoms with Crippen LogP contribution in [-0.4, -0.2) is 12.2 Å². The molecule has 0 heterocycles. The normalized spacial score (nSPS) is 12.3. The van der Waals surface area contributed by atoms with E-state index in [9.17, 15) is 5.11 Å². The molecule has 0 saturated heterocycles.